The summed E-state index contributed by atoms with van der Waals surface area (Å²) in [7, 11) is -3.63. The third-order valence-corrected chi connectivity index (χ3v) is 3.45. The van der Waals surface area contributed by atoms with Crippen LogP contribution in [-0.4, -0.2) is 27.2 Å². The first kappa shape index (κ1) is 11.0. The van der Waals surface area contributed by atoms with Crippen LogP contribution in [0, 0.1) is 0 Å². The van der Waals surface area contributed by atoms with Gasteiger partial charge in [-0.3, -0.25) is 9.71 Å². The SMILES string of the molecule is O=S1(=O)NC(=NCC(F)F)c2ccccc21. The lowest BCUT2D eigenvalue weighted by atomic mass is 10.2. The minimum absolute atomic E-state index is 0.0177. The summed E-state index contributed by atoms with van der Waals surface area (Å²) >= 11 is 0. The van der Waals surface area contributed by atoms with Crippen molar-refractivity contribution in [1.29, 1.82) is 0 Å². The molecule has 1 aromatic rings. The molecule has 4 nitrogen and oxygen atoms in total. The van der Waals surface area contributed by atoms with E-state index in [-0.39, 0.29) is 10.7 Å². The van der Waals surface area contributed by atoms with Crippen molar-refractivity contribution in [3.8, 4) is 0 Å². The number of benzene rings is 1. The molecule has 0 radical (unpaired) electrons. The second-order valence-corrected chi connectivity index (χ2v) is 4.83. The Morgan fingerprint density at radius 3 is 2.69 bits per heavy atom. The molecule has 7 heteroatoms. The molecule has 0 fully saturated rings. The minimum atomic E-state index is -3.63. The zero-order valence-electron chi connectivity index (χ0n) is 8.02. The maximum Gasteiger partial charge on any atom is 0.263 e. The van der Waals surface area contributed by atoms with Crippen LogP contribution >= 0.6 is 0 Å². The van der Waals surface area contributed by atoms with Crippen LogP contribution < -0.4 is 4.72 Å². The molecule has 0 unspecified atom stereocenters. The molecule has 0 aromatic heterocycles. The average molecular weight is 246 g/mol. The Hall–Kier alpha value is -1.50. The number of nitrogens with zero attached hydrogens (tertiary/aromatic N) is 1. The van der Waals surface area contributed by atoms with E-state index in [4.69, 9.17) is 0 Å². The van der Waals surface area contributed by atoms with Crippen LogP contribution in [0.4, 0.5) is 8.78 Å². The Morgan fingerprint density at radius 2 is 2.00 bits per heavy atom. The first-order valence-electron chi connectivity index (χ1n) is 4.45. The molecular weight excluding hydrogens is 238 g/mol. The molecule has 1 heterocycles. The van der Waals surface area contributed by atoms with Crippen molar-refractivity contribution in [2.75, 3.05) is 6.54 Å². The minimum Gasteiger partial charge on any atom is -0.263 e. The van der Waals surface area contributed by atoms with Crippen molar-refractivity contribution in [3.63, 3.8) is 0 Å². The number of halogens is 2. The van der Waals surface area contributed by atoms with Gasteiger partial charge < -0.3 is 0 Å². The summed E-state index contributed by atoms with van der Waals surface area (Å²) in [6, 6.07) is 6.12. The Kier molecular flexibility index (Phi) is 2.63. The summed E-state index contributed by atoms with van der Waals surface area (Å²) in [6.45, 7) is -0.716. The summed E-state index contributed by atoms with van der Waals surface area (Å²) < 4.78 is 49.1. The van der Waals surface area contributed by atoms with Crippen molar-refractivity contribution in [2.45, 2.75) is 11.3 Å². The van der Waals surface area contributed by atoms with Crippen LogP contribution in [0.2, 0.25) is 0 Å². The fraction of sp³-hybridized carbons (Fsp3) is 0.222. The number of hydrogen-bond donors (Lipinski definition) is 1. The van der Waals surface area contributed by atoms with Gasteiger partial charge in [0.15, 0.2) is 0 Å². The molecule has 0 amide bonds. The van der Waals surface area contributed by atoms with Crippen molar-refractivity contribution in [3.05, 3.63) is 29.8 Å². The fourth-order valence-corrected chi connectivity index (χ4v) is 2.66. The summed E-state index contributed by atoms with van der Waals surface area (Å²) in [5.41, 5.74) is 0.336. The van der Waals surface area contributed by atoms with E-state index in [1.807, 2.05) is 0 Å². The third kappa shape index (κ3) is 1.90. The molecular formula is C9H8F2N2O2S. The Morgan fingerprint density at radius 1 is 1.31 bits per heavy atom. The second kappa shape index (κ2) is 3.82. The van der Waals surface area contributed by atoms with Gasteiger partial charge in [0.25, 0.3) is 16.4 Å². The highest BCUT2D eigenvalue weighted by Gasteiger charge is 2.30. The lowest BCUT2D eigenvalue weighted by Crippen LogP contribution is -2.23. The summed E-state index contributed by atoms with van der Waals surface area (Å²) in [5, 5.41) is 0. The maximum atomic E-state index is 12.0. The van der Waals surface area contributed by atoms with Crippen molar-refractivity contribution in [2.24, 2.45) is 4.99 Å². The van der Waals surface area contributed by atoms with Gasteiger partial charge in [-0.1, -0.05) is 12.1 Å². The zero-order valence-corrected chi connectivity index (χ0v) is 8.84. The molecule has 1 aromatic carbocycles. The van der Waals surface area contributed by atoms with Crippen molar-refractivity contribution in [1.82, 2.24) is 4.72 Å². The van der Waals surface area contributed by atoms with Crippen LogP contribution in [0.1, 0.15) is 5.56 Å². The summed E-state index contributed by atoms with van der Waals surface area (Å²) in [6.07, 6.45) is -2.59. The molecule has 2 rings (SSSR count). The van der Waals surface area contributed by atoms with Gasteiger partial charge in [0.2, 0.25) is 0 Å². The van der Waals surface area contributed by atoms with E-state index < -0.39 is 23.0 Å². The topological polar surface area (TPSA) is 58.5 Å². The van der Waals surface area contributed by atoms with Gasteiger partial charge in [0, 0.05) is 5.56 Å². The van der Waals surface area contributed by atoms with Crippen molar-refractivity contribution >= 4 is 15.9 Å². The molecule has 0 bridgehead atoms. The van der Waals surface area contributed by atoms with Gasteiger partial charge in [-0.2, -0.15) is 0 Å². The van der Waals surface area contributed by atoms with Crippen LogP contribution in [-0.2, 0) is 10.0 Å². The maximum absolute atomic E-state index is 12.0. The standard InChI is InChI=1S/C9H8F2N2O2S/c10-8(11)5-12-9-6-3-1-2-4-7(6)16(14,15)13-9/h1-4,8H,5H2,(H,12,13). The summed E-state index contributed by atoms with van der Waals surface area (Å²) in [5.74, 6) is -0.0177. The number of aliphatic imine (C=N–C) groups is 1. The Bertz CT molecular complexity index is 540. The van der Waals surface area contributed by atoms with E-state index in [0.29, 0.717) is 5.56 Å². The van der Waals surface area contributed by atoms with E-state index in [9.17, 15) is 17.2 Å². The summed E-state index contributed by atoms with van der Waals surface area (Å²) in [4.78, 5) is 3.61. The molecule has 0 spiro atoms. The van der Waals surface area contributed by atoms with E-state index in [1.165, 1.54) is 12.1 Å². The highest BCUT2D eigenvalue weighted by Crippen LogP contribution is 2.22. The molecule has 0 saturated heterocycles. The van der Waals surface area contributed by atoms with Crippen molar-refractivity contribution < 1.29 is 17.2 Å². The van der Waals surface area contributed by atoms with Gasteiger partial charge in [-0.05, 0) is 12.1 Å². The predicted octanol–water partition coefficient (Wildman–Crippen LogP) is 0.990. The normalized spacial score (nSPS) is 19.8. The zero-order chi connectivity index (χ0) is 11.8. The number of alkyl halides is 2. The van der Waals surface area contributed by atoms with E-state index in [2.05, 4.69) is 9.71 Å². The van der Waals surface area contributed by atoms with Gasteiger partial charge in [-0.25, -0.2) is 17.2 Å². The molecule has 0 atom stereocenters. The van der Waals surface area contributed by atoms with Gasteiger partial charge in [-0.15, -0.1) is 0 Å². The number of rotatable bonds is 2. The highest BCUT2D eigenvalue weighted by atomic mass is 32.2. The molecule has 86 valence electrons. The first-order chi connectivity index (χ1) is 7.50. The lowest BCUT2D eigenvalue weighted by molar-refractivity contribution is 0.158. The Balaban J connectivity index is 2.45. The quantitative estimate of drug-likeness (QED) is 0.846. The molecule has 0 aliphatic carbocycles. The van der Waals surface area contributed by atoms with Crippen LogP contribution in [0.5, 0.6) is 0 Å². The molecule has 1 aliphatic rings. The third-order valence-electron chi connectivity index (χ3n) is 2.05. The molecule has 1 aliphatic heterocycles. The molecule has 0 saturated carbocycles. The van der Waals surface area contributed by atoms with Gasteiger partial charge in [0.1, 0.15) is 12.4 Å². The van der Waals surface area contributed by atoms with Gasteiger partial charge in [0.05, 0.1) is 4.90 Å². The second-order valence-electron chi connectivity index (χ2n) is 3.18. The number of amidine groups is 1. The first-order valence-corrected chi connectivity index (χ1v) is 5.94. The number of hydrogen-bond acceptors (Lipinski definition) is 3. The number of nitrogens with one attached hydrogen (secondary N) is 1. The van der Waals surface area contributed by atoms with Crippen LogP contribution in [0.25, 0.3) is 0 Å². The highest BCUT2D eigenvalue weighted by molar-refractivity contribution is 7.90. The van der Waals surface area contributed by atoms with Crippen LogP contribution in [0.15, 0.2) is 34.2 Å². The van der Waals surface area contributed by atoms with Gasteiger partial charge >= 0.3 is 0 Å². The van der Waals surface area contributed by atoms with E-state index in [1.54, 1.807) is 12.1 Å². The molecule has 1 N–H and O–H groups in total. The average Bonchev–Trinajstić information content (AvgIpc) is 2.49. The lowest BCUT2D eigenvalue weighted by Gasteiger charge is -1.97. The number of fused-ring (bicyclic) bond motifs is 1. The predicted molar refractivity (Wildman–Crippen MR) is 54.2 cm³/mol. The monoisotopic (exact) mass is 246 g/mol. The van der Waals surface area contributed by atoms with E-state index in [0.717, 1.165) is 0 Å². The fourth-order valence-electron chi connectivity index (χ4n) is 1.41. The largest absolute Gasteiger partial charge is 0.263 e. The smallest absolute Gasteiger partial charge is 0.263 e. The number of sulfonamides is 1. The molecule has 16 heavy (non-hydrogen) atoms. The van der Waals surface area contributed by atoms with E-state index >= 15 is 0 Å². The van der Waals surface area contributed by atoms with Crippen LogP contribution in [0.3, 0.4) is 0 Å². The Labute approximate surface area is 91.1 Å².